The van der Waals surface area contributed by atoms with Crippen LogP contribution in [-0.2, 0) is 57.0 Å². The van der Waals surface area contributed by atoms with E-state index in [9.17, 15) is 101 Å². The zero-order valence-corrected chi connectivity index (χ0v) is 36.2. The molecule has 0 bridgehead atoms. The van der Waals surface area contributed by atoms with Gasteiger partial charge >= 0.3 is 5.97 Å². The summed E-state index contributed by atoms with van der Waals surface area (Å²) in [6.07, 6.45) is -46.5. The molecule has 5 aliphatic heterocycles. The van der Waals surface area contributed by atoms with Crippen molar-refractivity contribution in [2.75, 3.05) is 33.0 Å². The van der Waals surface area contributed by atoms with Crippen molar-refractivity contribution in [1.29, 1.82) is 0 Å². The van der Waals surface area contributed by atoms with Crippen LogP contribution in [0.15, 0.2) is 0 Å². The van der Waals surface area contributed by atoms with Crippen molar-refractivity contribution < 1.29 is 144 Å². The van der Waals surface area contributed by atoms with E-state index in [1.807, 2.05) is 0 Å². The first-order valence-electron chi connectivity index (χ1n) is 21.2. The van der Waals surface area contributed by atoms with E-state index < -0.39 is 216 Å². The Bertz CT molecular complexity index is 1660. The van der Waals surface area contributed by atoms with Crippen molar-refractivity contribution in [2.24, 2.45) is 0 Å². The highest BCUT2D eigenvalue weighted by Crippen LogP contribution is 2.37. The van der Waals surface area contributed by atoms with E-state index >= 15 is 0 Å². The summed E-state index contributed by atoms with van der Waals surface area (Å²) in [4.78, 5) is 37.3. The molecule has 31 heteroatoms. The molecule has 394 valence electrons. The predicted molar refractivity (Wildman–Crippen MR) is 207 cm³/mol. The first kappa shape index (κ1) is 56.3. The number of carboxylic acid groups (broad SMARTS) is 1. The van der Waals surface area contributed by atoms with Gasteiger partial charge in [0.05, 0.1) is 45.2 Å². The van der Waals surface area contributed by atoms with E-state index in [0.717, 1.165) is 13.8 Å². The topological polar surface area (TPSA) is 502 Å². The minimum atomic E-state index is -2.98. The molecule has 2 amide bonds. The van der Waals surface area contributed by atoms with Gasteiger partial charge in [0.25, 0.3) is 5.79 Å². The van der Waals surface area contributed by atoms with Gasteiger partial charge in [0, 0.05) is 20.3 Å². The Kier molecular flexibility index (Phi) is 19.7. The maximum absolute atomic E-state index is 12.7. The van der Waals surface area contributed by atoms with E-state index in [0.29, 0.717) is 0 Å². The lowest BCUT2D eigenvalue weighted by atomic mass is 9.88. The lowest BCUT2D eigenvalue weighted by Crippen LogP contribution is -2.70. The zero-order chi connectivity index (χ0) is 50.7. The van der Waals surface area contributed by atoms with Crippen LogP contribution in [-0.4, -0.2) is 297 Å². The second kappa shape index (κ2) is 23.8. The van der Waals surface area contributed by atoms with Crippen molar-refractivity contribution in [1.82, 2.24) is 10.6 Å². The van der Waals surface area contributed by atoms with Gasteiger partial charge in [-0.3, -0.25) is 9.59 Å². The summed E-state index contributed by atoms with van der Waals surface area (Å²) in [6.45, 7) is -3.16. The zero-order valence-electron chi connectivity index (χ0n) is 36.2. The van der Waals surface area contributed by atoms with Crippen molar-refractivity contribution >= 4 is 17.8 Å². The molecule has 1 unspecified atom stereocenters. The van der Waals surface area contributed by atoms with Crippen LogP contribution in [0.2, 0.25) is 0 Å². The molecular weight excluding hydrogens is 936 g/mol. The van der Waals surface area contributed by atoms with Crippen LogP contribution >= 0.6 is 0 Å². The molecule has 31 nitrogen and oxygen atoms in total. The third-order valence-corrected chi connectivity index (χ3v) is 12.1. The van der Waals surface area contributed by atoms with Crippen LogP contribution in [0.3, 0.4) is 0 Å². The number of nitrogens with one attached hydrogen (secondary N) is 2. The largest absolute Gasteiger partial charge is 0.477 e. The number of ether oxygens (including phenoxy) is 9. The fourth-order valence-electron chi connectivity index (χ4n) is 8.42. The van der Waals surface area contributed by atoms with E-state index in [2.05, 4.69) is 10.6 Å². The predicted octanol–water partition coefficient (Wildman–Crippen LogP) is -12.4. The monoisotopic (exact) mass is 998 g/mol. The van der Waals surface area contributed by atoms with Crippen LogP contribution in [0.4, 0.5) is 0 Å². The molecule has 0 aromatic rings. The molecule has 0 aromatic carbocycles. The lowest BCUT2D eigenvalue weighted by molar-refractivity contribution is -0.381. The van der Waals surface area contributed by atoms with Gasteiger partial charge in [0.15, 0.2) is 25.2 Å². The van der Waals surface area contributed by atoms with Gasteiger partial charge in [-0.25, -0.2) is 4.79 Å². The molecule has 0 aromatic heterocycles. The second-order valence-electron chi connectivity index (χ2n) is 16.9. The Morgan fingerprint density at radius 1 is 0.588 bits per heavy atom. The number of aliphatic hydroxyl groups is 16. The Morgan fingerprint density at radius 2 is 1.10 bits per heavy atom. The molecule has 5 fully saturated rings. The van der Waals surface area contributed by atoms with Gasteiger partial charge in [-0.1, -0.05) is 0 Å². The van der Waals surface area contributed by atoms with Crippen molar-refractivity contribution in [3.05, 3.63) is 0 Å². The van der Waals surface area contributed by atoms with Crippen molar-refractivity contribution in [3.63, 3.8) is 0 Å². The first-order chi connectivity index (χ1) is 31.9. The van der Waals surface area contributed by atoms with Crippen molar-refractivity contribution in [2.45, 2.75) is 179 Å². The van der Waals surface area contributed by atoms with Gasteiger partial charge in [-0.15, -0.1) is 0 Å². The van der Waals surface area contributed by atoms with E-state index in [-0.39, 0.29) is 0 Å². The van der Waals surface area contributed by atoms with Crippen LogP contribution < -0.4 is 10.6 Å². The molecular formula is C37H62N2O29. The minimum Gasteiger partial charge on any atom is -0.477 e. The van der Waals surface area contributed by atoms with Crippen molar-refractivity contribution in [3.8, 4) is 0 Å². The average Bonchev–Trinajstić information content (AvgIpc) is 3.29. The van der Waals surface area contributed by atoms with E-state index in [4.69, 9.17) is 42.6 Å². The number of carbonyl (C=O) groups excluding carboxylic acids is 2. The Balaban J connectivity index is 1.39. The molecule has 0 aliphatic carbocycles. The maximum atomic E-state index is 12.7. The number of hydrogen-bond donors (Lipinski definition) is 19. The molecule has 5 rings (SSSR count). The number of aliphatic hydroxyl groups excluding tert-OH is 16. The summed E-state index contributed by atoms with van der Waals surface area (Å²) in [5.74, 6) is -6.62. The molecule has 0 saturated carbocycles. The average molecular weight is 999 g/mol. The molecule has 0 spiro atoms. The van der Waals surface area contributed by atoms with Crippen LogP contribution in [0.25, 0.3) is 0 Å². The number of carboxylic acids is 1. The minimum absolute atomic E-state index is 0.782. The highest BCUT2D eigenvalue weighted by molar-refractivity contribution is 5.76. The summed E-state index contributed by atoms with van der Waals surface area (Å²) >= 11 is 0. The number of hydrogen-bond acceptors (Lipinski definition) is 28. The second-order valence-corrected chi connectivity index (χ2v) is 16.9. The Morgan fingerprint density at radius 3 is 1.66 bits per heavy atom. The van der Waals surface area contributed by atoms with Gasteiger partial charge in [-0.2, -0.15) is 0 Å². The van der Waals surface area contributed by atoms with Crippen LogP contribution in [0.5, 0.6) is 0 Å². The lowest BCUT2D eigenvalue weighted by Gasteiger charge is -2.50. The summed E-state index contributed by atoms with van der Waals surface area (Å²) in [5, 5.41) is 184. The molecule has 19 N–H and O–H groups in total. The maximum Gasteiger partial charge on any atom is 0.364 e. The quantitative estimate of drug-likeness (QED) is 0.0606. The fraction of sp³-hybridized carbons (Fsp3) is 0.919. The van der Waals surface area contributed by atoms with Gasteiger partial charge in [0.2, 0.25) is 11.8 Å². The molecule has 0 radical (unpaired) electrons. The summed E-state index contributed by atoms with van der Waals surface area (Å²) in [7, 11) is 0. The SMILES string of the molecule is CC(=O)N[C@H]1[C@H](O[C@H]2[C@@H](O)[C@@H](CO)O[C@@H](O[C@H]3[C@H](O)[C@@H](O)C(O)O[C@@H]3CO)[C@@H]2O)O[C@H](CO)[C@@H](O)[C@@H]1O[C@@H]1O[C@H](CO[C@]2(C(=O)O)C[C@H](O)[C@@H](NC(C)=O)[C@H]([C@H](O)[C@H](O)CO)O2)[C@H](O)[C@H](O)[C@H]1O. The molecule has 26 atom stereocenters. The fourth-order valence-corrected chi connectivity index (χ4v) is 8.42. The molecule has 5 heterocycles. The third kappa shape index (κ3) is 12.0. The van der Waals surface area contributed by atoms with Crippen LogP contribution in [0, 0.1) is 0 Å². The third-order valence-electron chi connectivity index (χ3n) is 12.1. The summed E-state index contributed by atoms with van der Waals surface area (Å²) in [5.41, 5.74) is 0. The van der Waals surface area contributed by atoms with E-state index in [1.54, 1.807) is 0 Å². The van der Waals surface area contributed by atoms with Gasteiger partial charge < -0.3 is 140 Å². The van der Waals surface area contributed by atoms with Gasteiger partial charge in [0.1, 0.15) is 116 Å². The van der Waals surface area contributed by atoms with Crippen LogP contribution in [0.1, 0.15) is 20.3 Å². The van der Waals surface area contributed by atoms with Gasteiger partial charge in [-0.05, 0) is 0 Å². The first-order valence-corrected chi connectivity index (χ1v) is 21.2. The standard InChI is InChI=1S/C37H62N2O29/c1-9(44)38-17-11(46)3-37(36(58)59,68-30(17)19(48)12(47)4-40)60-8-16-20(49)23(52)26(55)34(64-16)66-29-18(39-10(2)45)33(62-13(5-41)21(29)50)67-31-22(51)14(6-42)63-35(27(31)56)65-28-15(7-43)61-32(57)25(54)24(28)53/h11-35,40-43,46-57H,3-8H2,1-2H3,(H,38,44)(H,39,45)(H,58,59)/t11-,12+,13+,14+,15+,16+,17+,18+,19+,20-,21+,22-,23-,24+,25+,26+,27+,28+,29+,30+,31-,32?,33-,34-,35-,37+/m0/s1. The number of carbonyl (C=O) groups is 3. The molecule has 5 saturated heterocycles. The molecule has 5 aliphatic rings. The summed E-state index contributed by atoms with van der Waals surface area (Å²) < 4.78 is 50.5. The highest BCUT2D eigenvalue weighted by atomic mass is 16.8. The number of amides is 2. The number of rotatable bonds is 18. The highest BCUT2D eigenvalue weighted by Gasteiger charge is 2.59. The van der Waals surface area contributed by atoms with E-state index in [1.165, 1.54) is 0 Å². The summed E-state index contributed by atoms with van der Waals surface area (Å²) in [6, 6.07) is -3.40. The Hall–Kier alpha value is -2.59. The molecule has 68 heavy (non-hydrogen) atoms. The Labute approximate surface area is 384 Å². The smallest absolute Gasteiger partial charge is 0.364 e. The normalized spacial score (nSPS) is 46.6. The number of aliphatic carboxylic acids is 1.